The van der Waals surface area contributed by atoms with E-state index >= 15 is 0 Å². The fourth-order valence-electron chi connectivity index (χ4n) is 2.96. The van der Waals surface area contributed by atoms with Gasteiger partial charge in [-0.2, -0.15) is 0 Å². The van der Waals surface area contributed by atoms with Crippen LogP contribution in [0.4, 0.5) is 16.6 Å². The summed E-state index contributed by atoms with van der Waals surface area (Å²) in [5.41, 5.74) is 15.0. The number of carbonyl (C=O) groups excluding carboxylic acids is 2. The van der Waals surface area contributed by atoms with Gasteiger partial charge in [-0.3, -0.25) is 9.59 Å². The Hall–Kier alpha value is -4.02. The van der Waals surface area contributed by atoms with Gasteiger partial charge in [0.1, 0.15) is 6.04 Å². The Kier molecular flexibility index (Phi) is 5.97. The van der Waals surface area contributed by atoms with E-state index in [9.17, 15) is 9.59 Å². The lowest BCUT2D eigenvalue weighted by atomic mass is 10.0. The molecule has 0 aliphatic heterocycles. The molecule has 162 valence electrons. The lowest BCUT2D eigenvalue weighted by Crippen LogP contribution is -2.27. The molecule has 0 saturated carbocycles. The number of rotatable bonds is 6. The summed E-state index contributed by atoms with van der Waals surface area (Å²) in [6, 6.07) is 15.0. The molecule has 2 amide bonds. The number of aryl methyl sites for hydroxylation is 1. The lowest BCUT2D eigenvalue weighted by molar-refractivity contribution is -0.117. The van der Waals surface area contributed by atoms with Crippen LogP contribution < -0.4 is 22.1 Å². The molecule has 0 aliphatic rings. The second-order valence-electron chi connectivity index (χ2n) is 7.05. The smallest absolute Gasteiger partial charge is 0.256 e. The highest BCUT2D eigenvalue weighted by molar-refractivity contribution is 7.13. The van der Waals surface area contributed by atoms with Gasteiger partial charge in [0.2, 0.25) is 5.91 Å². The maximum absolute atomic E-state index is 12.6. The molecule has 10 heteroatoms. The fraction of sp³-hybridized carbons (Fsp3) is 0.0909. The average molecular weight is 448 g/mol. The van der Waals surface area contributed by atoms with Crippen LogP contribution in [0.1, 0.15) is 27.7 Å². The third-order valence-corrected chi connectivity index (χ3v) is 5.53. The zero-order valence-corrected chi connectivity index (χ0v) is 18.0. The van der Waals surface area contributed by atoms with Gasteiger partial charge in [0.25, 0.3) is 5.91 Å². The summed E-state index contributed by atoms with van der Waals surface area (Å²) in [4.78, 5) is 29.2. The Morgan fingerprint density at radius 2 is 1.78 bits per heavy atom. The molecule has 0 radical (unpaired) electrons. The normalized spacial score (nSPS) is 11.7. The van der Waals surface area contributed by atoms with Crippen molar-refractivity contribution in [3.05, 3.63) is 83.0 Å². The van der Waals surface area contributed by atoms with E-state index in [0.29, 0.717) is 21.9 Å². The largest absolute Gasteiger partial charge is 0.394 e. The maximum Gasteiger partial charge on any atom is 0.256 e. The van der Waals surface area contributed by atoms with E-state index in [-0.39, 0.29) is 17.6 Å². The van der Waals surface area contributed by atoms with Gasteiger partial charge in [-0.25, -0.2) is 9.67 Å². The molecule has 0 spiro atoms. The number of nitrogens with zero attached hydrogens (tertiary/aromatic N) is 3. The molecule has 2 heterocycles. The molecule has 1 unspecified atom stereocenters. The first-order chi connectivity index (χ1) is 15.4. The molecule has 4 rings (SSSR count). The van der Waals surface area contributed by atoms with Gasteiger partial charge in [-0.05, 0) is 36.8 Å². The van der Waals surface area contributed by atoms with Crippen LogP contribution >= 0.6 is 11.3 Å². The highest BCUT2D eigenvalue weighted by atomic mass is 32.1. The Labute approximate surface area is 188 Å². The fourth-order valence-corrected chi connectivity index (χ4v) is 3.66. The Morgan fingerprint density at radius 3 is 2.44 bits per heavy atom. The number of aromatic nitrogens is 3. The highest BCUT2D eigenvalue weighted by Crippen LogP contribution is 2.21. The van der Waals surface area contributed by atoms with E-state index in [0.717, 1.165) is 11.4 Å². The third-order valence-electron chi connectivity index (χ3n) is 4.66. The molecule has 6 N–H and O–H groups in total. The van der Waals surface area contributed by atoms with Gasteiger partial charge in [0.05, 0.1) is 23.3 Å². The SMILES string of the molecule is Cc1csc(NC(=O)C(N)c2ccc(C(=O)Nc3nn(-c4ccccc4)cc3N)cc2)n1. The minimum Gasteiger partial charge on any atom is -0.394 e. The number of hydrogen-bond acceptors (Lipinski definition) is 7. The van der Waals surface area contributed by atoms with Crippen molar-refractivity contribution in [3.8, 4) is 5.69 Å². The third kappa shape index (κ3) is 4.66. The summed E-state index contributed by atoms with van der Waals surface area (Å²) in [5, 5.41) is 12.1. The number of nitrogens with one attached hydrogen (secondary N) is 2. The van der Waals surface area contributed by atoms with Crippen LogP contribution in [0.25, 0.3) is 5.69 Å². The number of amides is 2. The zero-order chi connectivity index (χ0) is 22.7. The minimum absolute atomic E-state index is 0.262. The number of thiazole rings is 1. The Morgan fingerprint density at radius 1 is 1.06 bits per heavy atom. The van der Waals surface area contributed by atoms with Crippen molar-refractivity contribution in [1.82, 2.24) is 14.8 Å². The van der Waals surface area contributed by atoms with Crippen LogP contribution in [0.3, 0.4) is 0 Å². The van der Waals surface area contributed by atoms with Crippen LogP contribution in [-0.4, -0.2) is 26.6 Å². The van der Waals surface area contributed by atoms with Gasteiger partial charge in [0.15, 0.2) is 10.9 Å². The summed E-state index contributed by atoms with van der Waals surface area (Å²) < 4.78 is 1.59. The predicted molar refractivity (Wildman–Crippen MR) is 125 cm³/mol. The molecule has 0 saturated heterocycles. The topological polar surface area (TPSA) is 141 Å². The number of nitrogens with two attached hydrogens (primary N) is 2. The predicted octanol–water partition coefficient (Wildman–Crippen LogP) is 3.11. The molecule has 1 atom stereocenters. The van der Waals surface area contributed by atoms with Crippen LogP contribution in [0.15, 0.2) is 66.2 Å². The van der Waals surface area contributed by atoms with E-state index in [1.807, 2.05) is 42.6 Å². The van der Waals surface area contributed by atoms with E-state index in [1.165, 1.54) is 11.3 Å². The van der Waals surface area contributed by atoms with Crippen LogP contribution in [0.2, 0.25) is 0 Å². The summed E-state index contributed by atoms with van der Waals surface area (Å²) in [6.07, 6.45) is 1.63. The molecule has 4 aromatic rings. The standard InChI is InChI=1S/C22H21N7O2S/c1-13-12-32-22(25-13)27-21(31)18(24)14-7-9-15(10-8-14)20(30)26-19-17(23)11-29(28-19)16-5-3-2-4-6-16/h2-12,18H,23-24H2,1H3,(H,25,27,31)(H,26,28,30). The van der Waals surface area contributed by atoms with Crippen molar-refractivity contribution in [2.75, 3.05) is 16.4 Å². The number of nitrogen functional groups attached to an aromatic ring is 1. The Bertz CT molecular complexity index is 1250. The van der Waals surface area contributed by atoms with Crippen molar-refractivity contribution >= 4 is 39.8 Å². The number of anilines is 3. The summed E-state index contributed by atoms with van der Waals surface area (Å²) in [7, 11) is 0. The zero-order valence-electron chi connectivity index (χ0n) is 17.1. The summed E-state index contributed by atoms with van der Waals surface area (Å²) in [5.74, 6) is -0.494. The van der Waals surface area contributed by atoms with E-state index in [4.69, 9.17) is 11.5 Å². The van der Waals surface area contributed by atoms with Gasteiger partial charge >= 0.3 is 0 Å². The number of hydrogen-bond donors (Lipinski definition) is 4. The van der Waals surface area contributed by atoms with Crippen molar-refractivity contribution in [2.24, 2.45) is 5.73 Å². The van der Waals surface area contributed by atoms with Crippen molar-refractivity contribution < 1.29 is 9.59 Å². The summed E-state index contributed by atoms with van der Waals surface area (Å²) >= 11 is 1.33. The second-order valence-corrected chi connectivity index (χ2v) is 7.91. The van der Waals surface area contributed by atoms with E-state index in [1.54, 1.807) is 35.1 Å². The number of para-hydroxylation sites is 1. The minimum atomic E-state index is -0.895. The molecular weight excluding hydrogens is 426 g/mol. The monoisotopic (exact) mass is 447 g/mol. The first kappa shape index (κ1) is 21.2. The van der Waals surface area contributed by atoms with E-state index < -0.39 is 6.04 Å². The lowest BCUT2D eigenvalue weighted by Gasteiger charge is -2.12. The Balaban J connectivity index is 1.42. The average Bonchev–Trinajstić information content (AvgIpc) is 3.38. The first-order valence-corrected chi connectivity index (χ1v) is 10.6. The molecule has 0 fully saturated rings. The van der Waals surface area contributed by atoms with Gasteiger partial charge < -0.3 is 22.1 Å². The van der Waals surface area contributed by atoms with Crippen LogP contribution in [-0.2, 0) is 4.79 Å². The highest BCUT2D eigenvalue weighted by Gasteiger charge is 2.18. The molecular formula is C22H21N7O2S. The maximum atomic E-state index is 12.6. The van der Waals surface area contributed by atoms with Crippen LogP contribution in [0, 0.1) is 6.92 Å². The molecule has 0 bridgehead atoms. The molecule has 0 aliphatic carbocycles. The van der Waals surface area contributed by atoms with E-state index in [2.05, 4.69) is 20.7 Å². The first-order valence-electron chi connectivity index (χ1n) is 9.71. The molecule has 2 aromatic heterocycles. The van der Waals surface area contributed by atoms with Crippen molar-refractivity contribution in [2.45, 2.75) is 13.0 Å². The molecule has 2 aromatic carbocycles. The van der Waals surface area contributed by atoms with Gasteiger partial charge in [0, 0.05) is 10.9 Å². The number of carbonyl (C=O) groups is 2. The number of benzene rings is 2. The van der Waals surface area contributed by atoms with Crippen molar-refractivity contribution in [1.29, 1.82) is 0 Å². The quantitative estimate of drug-likeness (QED) is 0.358. The van der Waals surface area contributed by atoms with Gasteiger partial charge in [-0.15, -0.1) is 16.4 Å². The molecule has 9 nitrogen and oxygen atoms in total. The molecule has 32 heavy (non-hydrogen) atoms. The second kappa shape index (κ2) is 9.00. The van der Waals surface area contributed by atoms with Crippen molar-refractivity contribution in [3.63, 3.8) is 0 Å². The van der Waals surface area contributed by atoms with Crippen LogP contribution in [0.5, 0.6) is 0 Å². The van der Waals surface area contributed by atoms with Gasteiger partial charge in [-0.1, -0.05) is 30.3 Å². The summed E-state index contributed by atoms with van der Waals surface area (Å²) in [6.45, 7) is 1.84.